The van der Waals surface area contributed by atoms with E-state index in [4.69, 9.17) is 5.11 Å². The van der Waals surface area contributed by atoms with E-state index in [-0.39, 0.29) is 12.6 Å². The lowest BCUT2D eigenvalue weighted by Gasteiger charge is -2.13. The Bertz CT molecular complexity index is 470. The minimum atomic E-state index is -0.0250. The van der Waals surface area contributed by atoms with Gasteiger partial charge >= 0.3 is 0 Å². The van der Waals surface area contributed by atoms with Crippen LogP contribution in [0.3, 0.4) is 0 Å². The highest BCUT2D eigenvalue weighted by atomic mass is 16.3. The quantitative estimate of drug-likeness (QED) is 0.807. The molecular formula is C11H14N4O. The molecule has 0 saturated heterocycles. The standard InChI is InChI=1S/C11H14N4O/c1-2-8(7-16)12-11-13-9-5-3-4-6-10(9)14-15-11/h3-6,8,16H,2,7H2,1H3,(H,12,13,15). The van der Waals surface area contributed by atoms with E-state index in [0.29, 0.717) is 5.95 Å². The van der Waals surface area contributed by atoms with Crippen molar-refractivity contribution in [2.75, 3.05) is 11.9 Å². The maximum absolute atomic E-state index is 9.06. The summed E-state index contributed by atoms with van der Waals surface area (Å²) < 4.78 is 0. The second-order valence-electron chi connectivity index (χ2n) is 3.56. The van der Waals surface area contributed by atoms with Crippen molar-refractivity contribution in [3.63, 3.8) is 0 Å². The molecule has 1 atom stereocenters. The molecule has 2 rings (SSSR count). The van der Waals surface area contributed by atoms with Crippen LogP contribution < -0.4 is 5.32 Å². The molecule has 1 aromatic carbocycles. The SMILES string of the molecule is CCC(CO)Nc1nnc2ccccc2n1. The van der Waals surface area contributed by atoms with E-state index >= 15 is 0 Å². The molecule has 0 bridgehead atoms. The van der Waals surface area contributed by atoms with Gasteiger partial charge in [0.2, 0.25) is 5.95 Å². The van der Waals surface area contributed by atoms with Gasteiger partial charge < -0.3 is 10.4 Å². The Balaban J connectivity index is 2.25. The molecule has 0 aliphatic carbocycles. The van der Waals surface area contributed by atoms with Crippen molar-refractivity contribution in [3.8, 4) is 0 Å². The highest BCUT2D eigenvalue weighted by molar-refractivity contribution is 5.74. The van der Waals surface area contributed by atoms with Gasteiger partial charge in [-0.25, -0.2) is 4.98 Å². The Kier molecular flexibility index (Phi) is 3.26. The van der Waals surface area contributed by atoms with E-state index in [1.54, 1.807) is 0 Å². The summed E-state index contributed by atoms with van der Waals surface area (Å²) in [5, 5.41) is 20.1. The molecule has 1 unspecified atom stereocenters. The molecule has 0 aliphatic rings. The van der Waals surface area contributed by atoms with E-state index in [2.05, 4.69) is 20.5 Å². The molecule has 0 saturated carbocycles. The van der Waals surface area contributed by atoms with Crippen LogP contribution in [-0.2, 0) is 0 Å². The summed E-state index contributed by atoms with van der Waals surface area (Å²) in [6, 6.07) is 7.53. The molecule has 2 aromatic rings. The molecule has 1 heterocycles. The van der Waals surface area contributed by atoms with E-state index in [1.807, 2.05) is 31.2 Å². The van der Waals surface area contributed by atoms with E-state index in [0.717, 1.165) is 17.5 Å². The molecule has 0 aliphatic heterocycles. The summed E-state index contributed by atoms with van der Waals surface area (Å²) in [6.45, 7) is 2.05. The Morgan fingerprint density at radius 2 is 2.00 bits per heavy atom. The zero-order valence-corrected chi connectivity index (χ0v) is 9.09. The minimum absolute atomic E-state index is 0.0250. The molecule has 0 spiro atoms. The van der Waals surface area contributed by atoms with Crippen LogP contribution in [0.15, 0.2) is 24.3 Å². The maximum Gasteiger partial charge on any atom is 0.243 e. The molecule has 0 radical (unpaired) electrons. The summed E-state index contributed by atoms with van der Waals surface area (Å²) in [5.41, 5.74) is 1.57. The third-order valence-electron chi connectivity index (χ3n) is 2.41. The van der Waals surface area contributed by atoms with Crippen molar-refractivity contribution in [2.45, 2.75) is 19.4 Å². The second kappa shape index (κ2) is 4.85. The van der Waals surface area contributed by atoms with Crippen molar-refractivity contribution in [2.24, 2.45) is 0 Å². The first kappa shape index (κ1) is 10.8. The maximum atomic E-state index is 9.06. The molecule has 1 aromatic heterocycles. The van der Waals surface area contributed by atoms with Gasteiger partial charge in [0.1, 0.15) is 5.52 Å². The minimum Gasteiger partial charge on any atom is -0.394 e. The zero-order valence-electron chi connectivity index (χ0n) is 9.09. The van der Waals surface area contributed by atoms with Crippen LogP contribution in [0.5, 0.6) is 0 Å². The van der Waals surface area contributed by atoms with Gasteiger partial charge in [0, 0.05) is 0 Å². The average molecular weight is 218 g/mol. The number of aliphatic hydroxyl groups is 1. The van der Waals surface area contributed by atoms with Crippen molar-refractivity contribution in [1.82, 2.24) is 15.2 Å². The van der Waals surface area contributed by atoms with Gasteiger partial charge in [0.15, 0.2) is 0 Å². The van der Waals surface area contributed by atoms with Gasteiger partial charge in [0.05, 0.1) is 18.2 Å². The van der Waals surface area contributed by atoms with Crippen LogP contribution >= 0.6 is 0 Å². The predicted molar refractivity (Wildman–Crippen MR) is 62.1 cm³/mol. The molecule has 2 N–H and O–H groups in total. The number of aromatic nitrogens is 3. The number of rotatable bonds is 4. The first-order valence-electron chi connectivity index (χ1n) is 5.30. The third kappa shape index (κ3) is 2.25. The first-order chi connectivity index (χ1) is 7.83. The largest absolute Gasteiger partial charge is 0.394 e. The summed E-state index contributed by atoms with van der Waals surface area (Å²) in [7, 11) is 0. The van der Waals surface area contributed by atoms with Gasteiger partial charge in [0.25, 0.3) is 0 Å². The Morgan fingerprint density at radius 1 is 1.25 bits per heavy atom. The van der Waals surface area contributed by atoms with Gasteiger partial charge in [-0.15, -0.1) is 10.2 Å². The van der Waals surface area contributed by atoms with E-state index in [1.165, 1.54) is 0 Å². The zero-order chi connectivity index (χ0) is 11.4. The van der Waals surface area contributed by atoms with Crippen LogP contribution in [0, 0.1) is 0 Å². The number of anilines is 1. The normalized spacial score (nSPS) is 12.6. The number of para-hydroxylation sites is 1. The van der Waals surface area contributed by atoms with Crippen LogP contribution in [0.1, 0.15) is 13.3 Å². The van der Waals surface area contributed by atoms with Gasteiger partial charge in [-0.3, -0.25) is 0 Å². The Hall–Kier alpha value is -1.75. The first-order valence-corrected chi connectivity index (χ1v) is 5.30. The number of nitrogens with zero attached hydrogens (tertiary/aromatic N) is 3. The number of hydrogen-bond acceptors (Lipinski definition) is 5. The summed E-state index contributed by atoms with van der Waals surface area (Å²) in [4.78, 5) is 4.32. The molecule has 84 valence electrons. The van der Waals surface area contributed by atoms with Crippen molar-refractivity contribution in [1.29, 1.82) is 0 Å². The van der Waals surface area contributed by atoms with Crippen LogP contribution in [0.25, 0.3) is 11.0 Å². The summed E-state index contributed by atoms with van der Waals surface area (Å²) >= 11 is 0. The second-order valence-corrected chi connectivity index (χ2v) is 3.56. The lowest BCUT2D eigenvalue weighted by atomic mass is 10.2. The number of benzene rings is 1. The summed E-state index contributed by atoms with van der Waals surface area (Å²) in [6.07, 6.45) is 0.812. The smallest absolute Gasteiger partial charge is 0.243 e. The molecule has 5 nitrogen and oxygen atoms in total. The lowest BCUT2D eigenvalue weighted by molar-refractivity contribution is 0.271. The fourth-order valence-corrected chi connectivity index (χ4v) is 1.40. The highest BCUT2D eigenvalue weighted by Gasteiger charge is 2.07. The molecular weight excluding hydrogens is 204 g/mol. The van der Waals surface area contributed by atoms with E-state index in [9.17, 15) is 0 Å². The van der Waals surface area contributed by atoms with Gasteiger partial charge in [-0.05, 0) is 18.6 Å². The topological polar surface area (TPSA) is 70.9 Å². The van der Waals surface area contributed by atoms with Crippen LogP contribution in [0.4, 0.5) is 5.95 Å². The fraction of sp³-hybridized carbons (Fsp3) is 0.364. The number of fused-ring (bicyclic) bond motifs is 1. The molecule has 5 heteroatoms. The lowest BCUT2D eigenvalue weighted by Crippen LogP contribution is -2.24. The number of hydrogen-bond donors (Lipinski definition) is 2. The average Bonchev–Trinajstić information content (AvgIpc) is 2.35. The Labute approximate surface area is 93.5 Å². The van der Waals surface area contributed by atoms with Gasteiger partial charge in [-0.2, -0.15) is 0 Å². The molecule has 16 heavy (non-hydrogen) atoms. The Morgan fingerprint density at radius 3 is 2.69 bits per heavy atom. The van der Waals surface area contributed by atoms with Crippen LogP contribution in [-0.4, -0.2) is 32.9 Å². The number of aliphatic hydroxyl groups excluding tert-OH is 1. The van der Waals surface area contributed by atoms with Crippen molar-refractivity contribution < 1.29 is 5.11 Å². The monoisotopic (exact) mass is 218 g/mol. The third-order valence-corrected chi connectivity index (χ3v) is 2.41. The summed E-state index contributed by atoms with van der Waals surface area (Å²) in [5.74, 6) is 0.458. The van der Waals surface area contributed by atoms with Crippen LogP contribution in [0.2, 0.25) is 0 Å². The van der Waals surface area contributed by atoms with Crippen molar-refractivity contribution in [3.05, 3.63) is 24.3 Å². The highest BCUT2D eigenvalue weighted by Crippen LogP contribution is 2.09. The molecule has 0 fully saturated rings. The number of nitrogens with one attached hydrogen (secondary N) is 1. The fourth-order valence-electron chi connectivity index (χ4n) is 1.40. The van der Waals surface area contributed by atoms with Crippen molar-refractivity contribution >= 4 is 17.0 Å². The van der Waals surface area contributed by atoms with Gasteiger partial charge in [-0.1, -0.05) is 19.1 Å². The van der Waals surface area contributed by atoms with E-state index < -0.39 is 0 Å². The predicted octanol–water partition coefficient (Wildman–Crippen LogP) is 1.21. The molecule has 0 amide bonds.